The molecule has 0 saturated heterocycles. The number of amides is 1. The minimum atomic E-state index is -0.318. The van der Waals surface area contributed by atoms with Crippen LogP contribution in [0.25, 0.3) is 17.7 Å². The van der Waals surface area contributed by atoms with E-state index in [2.05, 4.69) is 58.1 Å². The lowest BCUT2D eigenvalue weighted by atomic mass is 9.84. The molecule has 282 valence electrons. The minimum absolute atomic E-state index is 0. The predicted molar refractivity (Wildman–Crippen MR) is 229 cm³/mol. The normalized spacial score (nSPS) is 13.0. The summed E-state index contributed by atoms with van der Waals surface area (Å²) in [7, 11) is 3.93. The molecule has 8 rings (SSSR count). The molecule has 0 bridgehead atoms. The molecular formula is C45H43Cl3N4O3. The number of halogens is 3. The molecule has 0 spiro atoms. The van der Waals surface area contributed by atoms with Crippen molar-refractivity contribution in [3.8, 4) is 5.75 Å². The Morgan fingerprint density at radius 1 is 0.855 bits per heavy atom. The van der Waals surface area contributed by atoms with E-state index in [1.54, 1.807) is 36.5 Å². The van der Waals surface area contributed by atoms with Gasteiger partial charge in [0, 0.05) is 40.8 Å². The zero-order chi connectivity index (χ0) is 36.7. The van der Waals surface area contributed by atoms with Gasteiger partial charge in [-0.2, -0.15) is 0 Å². The van der Waals surface area contributed by atoms with E-state index < -0.39 is 0 Å². The third-order valence-electron chi connectivity index (χ3n) is 9.62. The first-order chi connectivity index (χ1) is 25.9. The van der Waals surface area contributed by atoms with Crippen molar-refractivity contribution in [3.05, 3.63) is 169 Å². The highest BCUT2D eigenvalue weighted by atomic mass is 35.5. The van der Waals surface area contributed by atoms with Crippen LogP contribution >= 0.6 is 36.4 Å². The Balaban J connectivity index is 0.000000382. The molecule has 1 aliphatic heterocycles. The van der Waals surface area contributed by atoms with Gasteiger partial charge in [0.15, 0.2) is 5.78 Å². The summed E-state index contributed by atoms with van der Waals surface area (Å²) in [5.41, 5.74) is 6.69. The lowest BCUT2D eigenvalue weighted by Crippen LogP contribution is -2.26. The number of hydrogen-bond donors (Lipinski definition) is 2. The van der Waals surface area contributed by atoms with Crippen LogP contribution in [0.3, 0.4) is 0 Å². The third kappa shape index (κ3) is 9.38. The number of ketones is 1. The molecule has 0 saturated carbocycles. The van der Waals surface area contributed by atoms with E-state index in [4.69, 9.17) is 16.3 Å². The molecule has 0 fully saturated rings. The number of likely N-dealkylation sites (N-methyl/N-ethyl adjacent to an activating group) is 1. The standard InChI is InChI=1S/C35H32ClN3O3.C10H9N.2ClH/c1-39(2)19-20-42-32-12-4-3-7-30(32)35(41)38-33-18-13-22(21-37-33)34(40)29-10-5-8-23-25-16-17-28-24(9-6-11-31(28)36)26(25)14-15-27(23)29;1-2-7-10-9(5-1)6-3-4-8-11-10;;/h3-4,6-7,9,11-15,17-18,21H,5,8,10,16,19-20H2,1-2H3,(H,37,38,41);1-8,11H;2*1H. The van der Waals surface area contributed by atoms with E-state index in [-0.39, 0.29) is 36.5 Å². The summed E-state index contributed by atoms with van der Waals surface area (Å²) in [4.78, 5) is 33.2. The average Bonchev–Trinajstić information content (AvgIpc) is 3.44. The van der Waals surface area contributed by atoms with Gasteiger partial charge in [-0.15, -0.1) is 24.8 Å². The maximum atomic E-state index is 13.7. The zero-order valence-electron chi connectivity index (χ0n) is 30.7. The fraction of sp³-hybridized carbons (Fsp3) is 0.178. The van der Waals surface area contributed by atoms with Crippen molar-refractivity contribution in [2.45, 2.75) is 25.7 Å². The molecule has 4 aromatic carbocycles. The quantitative estimate of drug-likeness (QED) is 0.154. The van der Waals surface area contributed by atoms with Crippen molar-refractivity contribution < 1.29 is 14.3 Å². The van der Waals surface area contributed by atoms with E-state index >= 15 is 0 Å². The van der Waals surface area contributed by atoms with Gasteiger partial charge < -0.3 is 20.3 Å². The Labute approximate surface area is 338 Å². The second-order valence-corrected chi connectivity index (χ2v) is 13.8. The summed E-state index contributed by atoms with van der Waals surface area (Å²) in [6.45, 7) is 1.21. The Kier molecular flexibility index (Phi) is 14.1. The van der Waals surface area contributed by atoms with Gasteiger partial charge in [0.2, 0.25) is 0 Å². The number of allylic oxidation sites excluding steroid dienone is 2. The fourth-order valence-electron chi connectivity index (χ4n) is 6.95. The zero-order valence-corrected chi connectivity index (χ0v) is 33.1. The van der Waals surface area contributed by atoms with E-state index in [0.717, 1.165) is 64.2 Å². The van der Waals surface area contributed by atoms with Gasteiger partial charge in [0.25, 0.3) is 5.91 Å². The number of carbonyl (C=O) groups excluding carboxylic acids is 2. The molecule has 5 aromatic rings. The number of rotatable bonds is 8. The van der Waals surface area contributed by atoms with Crippen LogP contribution in [-0.4, -0.2) is 48.8 Å². The van der Waals surface area contributed by atoms with Gasteiger partial charge in [-0.1, -0.05) is 84.4 Å². The number of hydrogen-bond acceptors (Lipinski definition) is 6. The number of fused-ring (bicyclic) bond motifs is 5. The number of para-hydroxylation sites is 2. The molecule has 0 radical (unpaired) electrons. The summed E-state index contributed by atoms with van der Waals surface area (Å²) in [5, 5.41) is 11.3. The van der Waals surface area contributed by atoms with Crippen LogP contribution in [-0.2, 0) is 12.8 Å². The molecule has 2 N–H and O–H groups in total. The molecule has 10 heteroatoms. The first kappa shape index (κ1) is 41.0. The van der Waals surface area contributed by atoms with Crippen LogP contribution in [0.2, 0.25) is 5.02 Å². The van der Waals surface area contributed by atoms with Crippen LogP contribution in [0.1, 0.15) is 50.2 Å². The van der Waals surface area contributed by atoms with Crippen molar-refractivity contribution in [1.82, 2.24) is 9.88 Å². The van der Waals surface area contributed by atoms with Crippen LogP contribution in [0.15, 0.2) is 116 Å². The third-order valence-corrected chi connectivity index (χ3v) is 9.94. The van der Waals surface area contributed by atoms with Crippen molar-refractivity contribution in [2.75, 3.05) is 37.9 Å². The first-order valence-electron chi connectivity index (χ1n) is 17.9. The van der Waals surface area contributed by atoms with Gasteiger partial charge in [-0.3, -0.25) is 9.59 Å². The topological polar surface area (TPSA) is 83.6 Å². The van der Waals surface area contributed by atoms with Crippen LogP contribution in [0.4, 0.5) is 11.5 Å². The van der Waals surface area contributed by atoms with E-state index in [9.17, 15) is 9.59 Å². The van der Waals surface area contributed by atoms with Crippen LogP contribution in [0, 0.1) is 10.4 Å². The summed E-state index contributed by atoms with van der Waals surface area (Å²) in [5.74, 6) is 0.546. The highest BCUT2D eigenvalue weighted by molar-refractivity contribution is 6.30. The predicted octanol–water partition coefficient (Wildman–Crippen LogP) is 8.40. The molecule has 0 unspecified atom stereocenters. The van der Waals surface area contributed by atoms with Crippen molar-refractivity contribution in [1.29, 1.82) is 0 Å². The first-order valence-corrected chi connectivity index (χ1v) is 18.3. The summed E-state index contributed by atoms with van der Waals surface area (Å²) < 4.78 is 5.83. The highest BCUT2D eigenvalue weighted by Crippen LogP contribution is 2.25. The SMILES string of the molecule is C1=CNc2ccccc2C=C1.CN(C)CCOc1ccccc1C(=O)Nc1ccc(C(=O)C2=c3ccc4c(c3CCC2)CC=c2c(Cl)cccc2=4)cn1.Cl.Cl. The molecule has 55 heavy (non-hydrogen) atoms. The number of anilines is 2. The molecule has 0 atom stereocenters. The number of ether oxygens (including phenoxy) is 1. The molecule has 1 amide bonds. The second kappa shape index (κ2) is 18.9. The molecule has 2 heterocycles. The van der Waals surface area contributed by atoms with Gasteiger partial charge >= 0.3 is 0 Å². The van der Waals surface area contributed by atoms with Crippen LogP contribution in [0.5, 0.6) is 5.75 Å². The fourth-order valence-corrected chi connectivity index (χ4v) is 7.20. The van der Waals surface area contributed by atoms with Gasteiger partial charge in [0.05, 0.1) is 5.56 Å². The monoisotopic (exact) mass is 792 g/mol. The molecular weight excluding hydrogens is 751 g/mol. The Hall–Kier alpha value is -5.18. The number of carbonyl (C=O) groups is 2. The molecule has 2 aliphatic carbocycles. The van der Waals surface area contributed by atoms with Gasteiger partial charge in [-0.25, -0.2) is 4.98 Å². The average molecular weight is 794 g/mol. The number of pyridine rings is 1. The number of nitrogens with one attached hydrogen (secondary N) is 2. The largest absolute Gasteiger partial charge is 0.491 e. The summed E-state index contributed by atoms with van der Waals surface area (Å²) in [6.07, 6.45) is 15.2. The van der Waals surface area contributed by atoms with Crippen molar-refractivity contribution in [2.24, 2.45) is 0 Å². The Morgan fingerprint density at radius 3 is 2.47 bits per heavy atom. The maximum absolute atomic E-state index is 13.7. The number of benzene rings is 4. The molecule has 1 aromatic heterocycles. The molecule has 3 aliphatic rings. The number of Topliss-reactive ketones (excluding diaryl/α,β-unsaturated/α-hetero) is 1. The van der Waals surface area contributed by atoms with Crippen molar-refractivity contribution in [3.63, 3.8) is 0 Å². The smallest absolute Gasteiger partial charge is 0.260 e. The Morgan fingerprint density at radius 2 is 1.65 bits per heavy atom. The number of aromatic nitrogens is 1. The van der Waals surface area contributed by atoms with Gasteiger partial charge in [0.1, 0.15) is 18.2 Å². The van der Waals surface area contributed by atoms with Gasteiger partial charge in [-0.05, 0) is 120 Å². The maximum Gasteiger partial charge on any atom is 0.260 e. The molecule has 7 nitrogen and oxygen atoms in total. The lowest BCUT2D eigenvalue weighted by molar-refractivity contribution is 0.102. The van der Waals surface area contributed by atoms with Crippen molar-refractivity contribution >= 4 is 77.3 Å². The lowest BCUT2D eigenvalue weighted by Gasteiger charge is -2.20. The highest BCUT2D eigenvalue weighted by Gasteiger charge is 2.22. The number of nitrogens with zero attached hydrogens (tertiary/aromatic N) is 2. The second-order valence-electron chi connectivity index (χ2n) is 13.4. The Bertz CT molecular complexity index is 2480. The minimum Gasteiger partial charge on any atom is -0.491 e. The summed E-state index contributed by atoms with van der Waals surface area (Å²) >= 11 is 6.47. The summed E-state index contributed by atoms with van der Waals surface area (Å²) in [6, 6.07) is 29.0. The van der Waals surface area contributed by atoms with E-state index in [0.29, 0.717) is 29.3 Å². The van der Waals surface area contributed by atoms with E-state index in [1.807, 2.05) is 67.7 Å². The van der Waals surface area contributed by atoms with Crippen LogP contribution < -0.4 is 25.8 Å². The van der Waals surface area contributed by atoms with E-state index in [1.165, 1.54) is 21.9 Å².